The van der Waals surface area contributed by atoms with Gasteiger partial charge in [0.1, 0.15) is 6.04 Å². The summed E-state index contributed by atoms with van der Waals surface area (Å²) in [7, 11) is 3.68. The van der Waals surface area contributed by atoms with Crippen LogP contribution in [0.2, 0.25) is 0 Å². The lowest BCUT2D eigenvalue weighted by molar-refractivity contribution is -0.143. The molecule has 2 aromatic rings. The molecule has 0 radical (unpaired) electrons. The van der Waals surface area contributed by atoms with Crippen LogP contribution in [0.15, 0.2) is 60.7 Å². The van der Waals surface area contributed by atoms with Gasteiger partial charge in [0.05, 0.1) is 0 Å². The van der Waals surface area contributed by atoms with Gasteiger partial charge in [-0.2, -0.15) is 0 Å². The predicted octanol–water partition coefficient (Wildman–Crippen LogP) is 4.18. The third kappa shape index (κ3) is 3.85. The fourth-order valence-corrected chi connectivity index (χ4v) is 3.56. The van der Waals surface area contributed by atoms with E-state index in [0.717, 1.165) is 12.8 Å². The molecule has 128 valence electrons. The van der Waals surface area contributed by atoms with Crippen LogP contribution in [0.5, 0.6) is 0 Å². The van der Waals surface area contributed by atoms with Crippen LogP contribution in [0.25, 0.3) is 0 Å². The third-order valence-electron chi connectivity index (χ3n) is 4.78. The van der Waals surface area contributed by atoms with Gasteiger partial charge < -0.3 is 5.11 Å². The lowest BCUT2D eigenvalue weighted by Gasteiger charge is -2.38. The summed E-state index contributed by atoms with van der Waals surface area (Å²) in [5.74, 6) is -0.771. The van der Waals surface area contributed by atoms with Gasteiger partial charge >= 0.3 is 5.97 Å². The van der Waals surface area contributed by atoms with Crippen molar-refractivity contribution in [3.63, 3.8) is 0 Å². The van der Waals surface area contributed by atoms with Gasteiger partial charge in [0.25, 0.3) is 0 Å². The quantitative estimate of drug-likeness (QED) is 0.791. The summed E-state index contributed by atoms with van der Waals surface area (Å²) in [5, 5.41) is 9.73. The Bertz CT molecular complexity index is 598. The first-order valence-electron chi connectivity index (χ1n) is 8.51. The topological polar surface area (TPSA) is 40.5 Å². The lowest BCUT2D eigenvalue weighted by atomic mass is 9.67. The Morgan fingerprint density at radius 1 is 1.00 bits per heavy atom. The Morgan fingerprint density at radius 2 is 1.46 bits per heavy atom. The maximum Gasteiger partial charge on any atom is 0.320 e. The zero-order valence-corrected chi connectivity index (χ0v) is 14.8. The van der Waals surface area contributed by atoms with Crippen molar-refractivity contribution < 1.29 is 9.90 Å². The first-order valence-corrected chi connectivity index (χ1v) is 8.51. The predicted molar refractivity (Wildman–Crippen MR) is 98.3 cm³/mol. The minimum absolute atomic E-state index is 0.301. The molecule has 1 unspecified atom stereocenters. The normalized spacial score (nSPS) is 13.0. The van der Waals surface area contributed by atoms with Crippen molar-refractivity contribution in [3.05, 3.63) is 71.8 Å². The number of carboxylic acids is 1. The number of carboxylic acid groups (broad SMARTS) is 1. The van der Waals surface area contributed by atoms with Crippen molar-refractivity contribution in [3.8, 4) is 0 Å². The van der Waals surface area contributed by atoms with E-state index < -0.39 is 12.0 Å². The van der Waals surface area contributed by atoms with Crippen LogP contribution >= 0.6 is 0 Å². The summed E-state index contributed by atoms with van der Waals surface area (Å²) in [4.78, 5) is 13.6. The van der Waals surface area contributed by atoms with E-state index in [4.69, 9.17) is 0 Å². The molecule has 0 aliphatic rings. The molecule has 1 N–H and O–H groups in total. The summed E-state index contributed by atoms with van der Waals surface area (Å²) < 4.78 is 0. The van der Waals surface area contributed by atoms with Crippen LogP contribution < -0.4 is 0 Å². The van der Waals surface area contributed by atoms with Gasteiger partial charge in [0.2, 0.25) is 0 Å². The van der Waals surface area contributed by atoms with Gasteiger partial charge in [0.15, 0.2) is 0 Å². The Morgan fingerprint density at radius 3 is 1.79 bits per heavy atom. The van der Waals surface area contributed by atoms with Gasteiger partial charge in [0, 0.05) is 5.41 Å². The van der Waals surface area contributed by atoms with E-state index >= 15 is 0 Å². The minimum atomic E-state index is -0.771. The summed E-state index contributed by atoms with van der Waals surface area (Å²) in [6, 6.07) is 20.1. The zero-order valence-electron chi connectivity index (χ0n) is 14.8. The number of rotatable bonds is 8. The van der Waals surface area contributed by atoms with E-state index in [-0.39, 0.29) is 5.41 Å². The van der Waals surface area contributed by atoms with Crippen LogP contribution in [0.3, 0.4) is 0 Å². The molecule has 0 aliphatic carbocycles. The fraction of sp³-hybridized carbons (Fsp3) is 0.381. The lowest BCUT2D eigenvalue weighted by Crippen LogP contribution is -2.43. The van der Waals surface area contributed by atoms with E-state index in [1.54, 1.807) is 4.90 Å². The monoisotopic (exact) mass is 325 g/mol. The molecule has 0 aliphatic heterocycles. The van der Waals surface area contributed by atoms with Crippen LogP contribution in [0.1, 0.15) is 37.3 Å². The zero-order chi connectivity index (χ0) is 17.6. The molecule has 0 heterocycles. The Balaban J connectivity index is 2.60. The second-order valence-corrected chi connectivity index (χ2v) is 6.59. The number of benzene rings is 2. The number of nitrogens with zero attached hydrogens (tertiary/aromatic N) is 1. The van der Waals surface area contributed by atoms with Crippen molar-refractivity contribution in [2.75, 3.05) is 14.1 Å². The van der Waals surface area contributed by atoms with Gasteiger partial charge in [-0.1, -0.05) is 74.0 Å². The molecule has 0 fully saturated rings. The Hall–Kier alpha value is -2.13. The smallest absolute Gasteiger partial charge is 0.320 e. The molecule has 0 saturated carbocycles. The summed E-state index contributed by atoms with van der Waals surface area (Å²) in [6.07, 6.45) is 2.46. The molecule has 24 heavy (non-hydrogen) atoms. The van der Waals surface area contributed by atoms with E-state index in [1.165, 1.54) is 11.1 Å². The van der Waals surface area contributed by atoms with Crippen LogP contribution in [-0.2, 0) is 10.2 Å². The number of hydrogen-bond acceptors (Lipinski definition) is 2. The van der Waals surface area contributed by atoms with Crippen molar-refractivity contribution >= 4 is 5.97 Å². The number of likely N-dealkylation sites (N-methyl/N-ethyl adjacent to an activating group) is 1. The largest absolute Gasteiger partial charge is 0.480 e. The Labute approximate surface area is 144 Å². The first-order chi connectivity index (χ1) is 11.5. The van der Waals surface area contributed by atoms with Gasteiger partial charge in [-0.25, -0.2) is 0 Å². The third-order valence-corrected chi connectivity index (χ3v) is 4.78. The van der Waals surface area contributed by atoms with Gasteiger partial charge in [-0.3, -0.25) is 9.69 Å². The second-order valence-electron chi connectivity index (χ2n) is 6.59. The molecule has 0 saturated heterocycles. The molecular weight excluding hydrogens is 298 g/mol. The maximum atomic E-state index is 11.8. The molecule has 2 rings (SSSR count). The van der Waals surface area contributed by atoms with Gasteiger partial charge in [-0.05, 0) is 38.1 Å². The number of aliphatic carboxylic acids is 1. The molecule has 3 heteroatoms. The molecule has 1 atom stereocenters. The van der Waals surface area contributed by atoms with Crippen LogP contribution in [0, 0.1) is 0 Å². The summed E-state index contributed by atoms with van der Waals surface area (Å²) >= 11 is 0. The standard InChI is InChI=1S/C21H27NO2/c1-4-15-21(17-11-7-5-8-12-17,18-13-9-6-10-14-18)16-19(20(23)24)22(2)3/h5-14,19H,4,15-16H2,1-3H3,(H,23,24). The molecule has 0 bridgehead atoms. The van der Waals surface area contributed by atoms with Crippen molar-refractivity contribution in [1.82, 2.24) is 4.90 Å². The van der Waals surface area contributed by atoms with E-state index in [2.05, 4.69) is 31.2 Å². The number of hydrogen-bond donors (Lipinski definition) is 1. The van der Waals surface area contributed by atoms with Crippen LogP contribution in [-0.4, -0.2) is 36.1 Å². The molecule has 0 amide bonds. The maximum absolute atomic E-state index is 11.8. The second kappa shape index (κ2) is 8.11. The minimum Gasteiger partial charge on any atom is -0.480 e. The van der Waals surface area contributed by atoms with Gasteiger partial charge in [-0.15, -0.1) is 0 Å². The summed E-state index contributed by atoms with van der Waals surface area (Å²) in [6.45, 7) is 2.16. The first kappa shape index (κ1) is 18.2. The SMILES string of the molecule is CCCC(CC(C(=O)O)N(C)C)(c1ccccc1)c1ccccc1. The number of carbonyl (C=O) groups is 1. The molecule has 0 aromatic heterocycles. The molecular formula is C21H27NO2. The highest BCUT2D eigenvalue weighted by molar-refractivity contribution is 5.74. The average molecular weight is 325 g/mol. The summed E-state index contributed by atoms with van der Waals surface area (Å²) in [5.41, 5.74) is 2.07. The van der Waals surface area contributed by atoms with Crippen molar-refractivity contribution in [2.24, 2.45) is 0 Å². The Kier molecular flexibility index (Phi) is 6.16. The highest BCUT2D eigenvalue weighted by Gasteiger charge is 2.38. The highest BCUT2D eigenvalue weighted by atomic mass is 16.4. The average Bonchev–Trinajstić information content (AvgIpc) is 2.59. The van der Waals surface area contributed by atoms with E-state index in [1.807, 2.05) is 50.5 Å². The fourth-order valence-electron chi connectivity index (χ4n) is 3.56. The van der Waals surface area contributed by atoms with E-state index in [0.29, 0.717) is 6.42 Å². The van der Waals surface area contributed by atoms with Crippen molar-refractivity contribution in [1.29, 1.82) is 0 Å². The van der Waals surface area contributed by atoms with E-state index in [9.17, 15) is 9.90 Å². The van der Waals surface area contributed by atoms with Crippen molar-refractivity contribution in [2.45, 2.75) is 37.6 Å². The highest BCUT2D eigenvalue weighted by Crippen LogP contribution is 2.41. The molecule has 3 nitrogen and oxygen atoms in total. The molecule has 0 spiro atoms. The van der Waals surface area contributed by atoms with Crippen LogP contribution in [0.4, 0.5) is 0 Å². The molecule has 2 aromatic carbocycles.